The quantitative estimate of drug-likeness (QED) is 0.417. The summed E-state index contributed by atoms with van der Waals surface area (Å²) < 4.78 is 5.75. The predicted molar refractivity (Wildman–Crippen MR) is 92.0 cm³/mol. The average Bonchev–Trinajstić information content (AvgIpc) is 3.04. The van der Waals surface area contributed by atoms with Gasteiger partial charge in [0.2, 0.25) is 0 Å². The molecule has 0 amide bonds. The number of aryl methyl sites for hydroxylation is 1. The van der Waals surface area contributed by atoms with Crippen LogP contribution in [0.3, 0.4) is 0 Å². The van der Waals surface area contributed by atoms with Crippen LogP contribution in [0.1, 0.15) is 21.5 Å². The summed E-state index contributed by atoms with van der Waals surface area (Å²) in [5, 5.41) is 44.2. The number of aromatic nitrogens is 2. The van der Waals surface area contributed by atoms with Crippen LogP contribution in [0.2, 0.25) is 6.32 Å². The molecule has 26 heavy (non-hydrogen) atoms. The van der Waals surface area contributed by atoms with Crippen molar-refractivity contribution in [1.29, 1.82) is 0 Å². The van der Waals surface area contributed by atoms with Crippen molar-refractivity contribution in [2.45, 2.75) is 25.4 Å². The van der Waals surface area contributed by atoms with E-state index >= 15 is 0 Å². The van der Waals surface area contributed by atoms with Crippen LogP contribution in [-0.4, -0.2) is 67.6 Å². The molecule has 0 radical (unpaired) electrons. The van der Waals surface area contributed by atoms with E-state index in [4.69, 9.17) is 14.8 Å². The van der Waals surface area contributed by atoms with Crippen molar-refractivity contribution in [3.63, 3.8) is 0 Å². The van der Waals surface area contributed by atoms with Gasteiger partial charge < -0.3 is 25.0 Å². The van der Waals surface area contributed by atoms with E-state index in [1.54, 1.807) is 12.3 Å². The number of ether oxygens (including phenoxy) is 1. The van der Waals surface area contributed by atoms with Crippen molar-refractivity contribution in [3.8, 4) is 11.5 Å². The second kappa shape index (κ2) is 7.77. The smallest absolute Gasteiger partial charge is 0.451 e. The molecule has 0 unspecified atom stereocenters. The molecular weight excluding hydrogens is 341 g/mol. The number of aromatic hydroxyl groups is 1. The van der Waals surface area contributed by atoms with E-state index in [2.05, 4.69) is 15.1 Å². The summed E-state index contributed by atoms with van der Waals surface area (Å²) in [5.74, 6) is -1.58. The molecule has 2 aromatic rings. The van der Waals surface area contributed by atoms with Gasteiger partial charge in [-0.05, 0) is 24.4 Å². The van der Waals surface area contributed by atoms with E-state index in [-0.39, 0.29) is 30.2 Å². The van der Waals surface area contributed by atoms with Crippen LogP contribution in [0.5, 0.6) is 11.5 Å². The van der Waals surface area contributed by atoms with E-state index in [9.17, 15) is 15.0 Å². The Morgan fingerprint density at radius 1 is 1.38 bits per heavy atom. The third-order valence-corrected chi connectivity index (χ3v) is 4.29. The topological polar surface area (TPSA) is 139 Å². The standard InChI is InChI=1S/C16H20BN3O6/c21-15-11(3-4-17(24)25)1-2-13(14(15)16(22)23)26-12-8-20(9-12)7-10-5-18-19-6-10/h1-2,5-6,12,21,24-25H,3-4,7-9H2,(H,18,19)(H,22,23). The number of nitrogens with zero attached hydrogens (tertiary/aromatic N) is 2. The third-order valence-electron chi connectivity index (χ3n) is 4.29. The highest BCUT2D eigenvalue weighted by atomic mass is 16.5. The fourth-order valence-electron chi connectivity index (χ4n) is 2.94. The van der Waals surface area contributed by atoms with E-state index in [0.29, 0.717) is 18.7 Å². The van der Waals surface area contributed by atoms with Gasteiger partial charge in [-0.15, -0.1) is 0 Å². The first kappa shape index (κ1) is 18.2. The summed E-state index contributed by atoms with van der Waals surface area (Å²) in [7, 11) is -1.52. The first-order chi connectivity index (χ1) is 12.4. The molecule has 0 atom stereocenters. The van der Waals surface area contributed by atoms with Gasteiger partial charge >= 0.3 is 13.1 Å². The molecule has 1 saturated heterocycles. The number of benzene rings is 1. The molecule has 138 valence electrons. The molecule has 1 aromatic carbocycles. The molecule has 1 aliphatic heterocycles. The predicted octanol–water partition coefficient (Wildman–Crippen LogP) is 0.0920. The number of phenols is 1. The number of carboxylic acid groups (broad SMARTS) is 1. The van der Waals surface area contributed by atoms with Crippen LogP contribution >= 0.6 is 0 Å². The average molecular weight is 361 g/mol. The summed E-state index contributed by atoms with van der Waals surface area (Å²) in [6.07, 6.45) is 3.54. The van der Waals surface area contributed by atoms with E-state index in [1.165, 1.54) is 6.07 Å². The largest absolute Gasteiger partial charge is 0.507 e. The Hall–Kier alpha value is -2.56. The Morgan fingerprint density at radius 2 is 2.15 bits per heavy atom. The van der Waals surface area contributed by atoms with E-state index in [0.717, 1.165) is 12.1 Å². The lowest BCUT2D eigenvalue weighted by Gasteiger charge is -2.39. The molecule has 0 aliphatic carbocycles. The number of likely N-dealkylation sites (tertiary alicyclic amines) is 1. The number of hydrogen-bond acceptors (Lipinski definition) is 7. The number of nitrogens with one attached hydrogen (secondary N) is 1. The molecule has 2 heterocycles. The zero-order valence-corrected chi connectivity index (χ0v) is 14.0. The van der Waals surface area contributed by atoms with Crippen LogP contribution in [0.25, 0.3) is 0 Å². The summed E-state index contributed by atoms with van der Waals surface area (Å²) in [6, 6.07) is 3.04. The van der Waals surface area contributed by atoms with Gasteiger partial charge in [-0.3, -0.25) is 10.00 Å². The number of carboxylic acids is 1. The Kier molecular flexibility index (Phi) is 5.45. The molecule has 0 bridgehead atoms. The highest BCUT2D eigenvalue weighted by Gasteiger charge is 2.31. The van der Waals surface area contributed by atoms with Crippen LogP contribution in [0.4, 0.5) is 0 Å². The second-order valence-electron chi connectivity index (χ2n) is 6.31. The number of hydrogen-bond donors (Lipinski definition) is 5. The van der Waals surface area contributed by atoms with Crippen molar-refractivity contribution in [2.75, 3.05) is 13.1 Å². The van der Waals surface area contributed by atoms with Crippen LogP contribution in [-0.2, 0) is 13.0 Å². The molecule has 1 fully saturated rings. The SMILES string of the molecule is O=C(O)c1c(OC2CN(Cc3cn[nH]c3)C2)ccc(CCB(O)O)c1O. The highest BCUT2D eigenvalue weighted by Crippen LogP contribution is 2.34. The molecule has 1 aromatic heterocycles. The minimum atomic E-state index is -1.52. The Bertz CT molecular complexity index is 762. The number of H-pyrrole nitrogens is 1. The lowest BCUT2D eigenvalue weighted by atomic mass is 9.82. The Balaban J connectivity index is 1.64. The molecule has 10 heteroatoms. The molecule has 0 spiro atoms. The van der Waals surface area contributed by atoms with Crippen LogP contribution in [0, 0.1) is 0 Å². The zero-order chi connectivity index (χ0) is 18.7. The number of aromatic carboxylic acids is 1. The maximum absolute atomic E-state index is 11.5. The monoisotopic (exact) mass is 361 g/mol. The van der Waals surface area contributed by atoms with Gasteiger partial charge in [0.05, 0.1) is 6.20 Å². The number of carbonyl (C=O) groups is 1. The fourth-order valence-corrected chi connectivity index (χ4v) is 2.94. The fraction of sp³-hybridized carbons (Fsp3) is 0.375. The Morgan fingerprint density at radius 3 is 2.77 bits per heavy atom. The normalized spacial score (nSPS) is 14.8. The number of rotatable bonds is 8. The summed E-state index contributed by atoms with van der Waals surface area (Å²) in [4.78, 5) is 13.7. The highest BCUT2D eigenvalue weighted by molar-refractivity contribution is 6.41. The van der Waals surface area contributed by atoms with Crippen molar-refractivity contribution < 1.29 is 29.8 Å². The molecule has 9 nitrogen and oxygen atoms in total. The lowest BCUT2D eigenvalue weighted by Crippen LogP contribution is -2.53. The van der Waals surface area contributed by atoms with Crippen molar-refractivity contribution in [3.05, 3.63) is 41.2 Å². The molecule has 3 rings (SSSR count). The molecular formula is C16H20BN3O6. The summed E-state index contributed by atoms with van der Waals surface area (Å²) >= 11 is 0. The van der Waals surface area contributed by atoms with Gasteiger partial charge in [0.15, 0.2) is 0 Å². The zero-order valence-electron chi connectivity index (χ0n) is 14.0. The van der Waals surface area contributed by atoms with Crippen molar-refractivity contribution in [2.24, 2.45) is 0 Å². The molecule has 0 saturated carbocycles. The third kappa shape index (κ3) is 4.16. The van der Waals surface area contributed by atoms with Gasteiger partial charge in [-0.2, -0.15) is 5.10 Å². The van der Waals surface area contributed by atoms with Crippen LogP contribution < -0.4 is 4.74 Å². The minimum Gasteiger partial charge on any atom is -0.507 e. The lowest BCUT2D eigenvalue weighted by molar-refractivity contribution is 0.0135. The first-order valence-corrected chi connectivity index (χ1v) is 8.25. The summed E-state index contributed by atoms with van der Waals surface area (Å²) in [5.41, 5.74) is 1.09. The summed E-state index contributed by atoms with van der Waals surface area (Å²) in [6.45, 7) is 2.02. The van der Waals surface area contributed by atoms with Gasteiger partial charge in [0.1, 0.15) is 23.2 Å². The van der Waals surface area contributed by atoms with Crippen molar-refractivity contribution in [1.82, 2.24) is 15.1 Å². The maximum atomic E-state index is 11.5. The van der Waals surface area contributed by atoms with E-state index in [1.807, 2.05) is 6.20 Å². The van der Waals surface area contributed by atoms with Gasteiger partial charge in [0.25, 0.3) is 0 Å². The minimum absolute atomic E-state index is 0.00157. The van der Waals surface area contributed by atoms with Crippen LogP contribution in [0.15, 0.2) is 24.5 Å². The molecule has 1 aliphatic rings. The van der Waals surface area contributed by atoms with Crippen molar-refractivity contribution >= 4 is 13.1 Å². The first-order valence-electron chi connectivity index (χ1n) is 8.25. The maximum Gasteiger partial charge on any atom is 0.451 e. The van der Waals surface area contributed by atoms with Gasteiger partial charge in [-0.1, -0.05) is 6.07 Å². The molecule has 5 N–H and O–H groups in total. The van der Waals surface area contributed by atoms with Gasteiger partial charge in [0, 0.05) is 31.4 Å². The van der Waals surface area contributed by atoms with Gasteiger partial charge in [-0.25, -0.2) is 4.79 Å². The number of aromatic amines is 1. The van der Waals surface area contributed by atoms with E-state index < -0.39 is 18.8 Å². The second-order valence-corrected chi connectivity index (χ2v) is 6.31. The Labute approximate surface area is 150 Å².